The van der Waals surface area contributed by atoms with Gasteiger partial charge in [-0.15, -0.1) is 0 Å². The van der Waals surface area contributed by atoms with E-state index < -0.39 is 11.9 Å². The Hall–Kier alpha value is -1.51. The van der Waals surface area contributed by atoms with Gasteiger partial charge in [-0.05, 0) is 43.0 Å². The number of aliphatic carboxylic acids is 1. The van der Waals surface area contributed by atoms with E-state index in [0.29, 0.717) is 6.42 Å². The van der Waals surface area contributed by atoms with E-state index in [9.17, 15) is 9.90 Å². The molecule has 0 fully saturated rings. The topological polar surface area (TPSA) is 57.5 Å². The van der Waals surface area contributed by atoms with E-state index in [-0.39, 0.29) is 5.75 Å². The molecule has 0 radical (unpaired) electrons. The number of carbonyl (C=O) groups is 1. The molecule has 0 saturated carbocycles. The zero-order chi connectivity index (χ0) is 11.6. The molecule has 3 heteroatoms. The first-order valence-corrected chi connectivity index (χ1v) is 4.94. The van der Waals surface area contributed by atoms with Gasteiger partial charge < -0.3 is 10.2 Å². The highest BCUT2D eigenvalue weighted by molar-refractivity contribution is 5.70. The minimum Gasteiger partial charge on any atom is -0.508 e. The van der Waals surface area contributed by atoms with Gasteiger partial charge in [0.2, 0.25) is 0 Å². The predicted molar refractivity (Wildman–Crippen MR) is 58.1 cm³/mol. The highest BCUT2D eigenvalue weighted by Crippen LogP contribution is 2.24. The van der Waals surface area contributed by atoms with Gasteiger partial charge in [-0.3, -0.25) is 4.79 Å². The number of phenolic OH excluding ortho intramolecular Hbond substituents is 1. The summed E-state index contributed by atoms with van der Waals surface area (Å²) in [5.41, 5.74) is 2.79. The monoisotopic (exact) mass is 208 g/mol. The number of phenols is 1. The average molecular weight is 208 g/mol. The molecular weight excluding hydrogens is 192 g/mol. The van der Waals surface area contributed by atoms with Crippen molar-refractivity contribution < 1.29 is 15.0 Å². The Kier molecular flexibility index (Phi) is 3.35. The van der Waals surface area contributed by atoms with Crippen LogP contribution >= 0.6 is 0 Å². The van der Waals surface area contributed by atoms with Crippen LogP contribution in [0.4, 0.5) is 0 Å². The lowest BCUT2D eigenvalue weighted by molar-refractivity contribution is -0.141. The molecule has 0 saturated heterocycles. The second-order valence-electron chi connectivity index (χ2n) is 3.94. The zero-order valence-corrected chi connectivity index (χ0v) is 9.24. The fraction of sp³-hybridized carbons (Fsp3) is 0.417. The number of hydrogen-bond donors (Lipinski definition) is 2. The van der Waals surface area contributed by atoms with Crippen molar-refractivity contribution in [3.05, 3.63) is 28.8 Å². The fourth-order valence-electron chi connectivity index (χ4n) is 1.50. The number of carboxylic acids is 1. The molecule has 2 N–H and O–H groups in total. The van der Waals surface area contributed by atoms with Gasteiger partial charge in [0.25, 0.3) is 0 Å². The molecule has 1 unspecified atom stereocenters. The van der Waals surface area contributed by atoms with E-state index in [2.05, 4.69) is 0 Å². The maximum Gasteiger partial charge on any atom is 0.306 e. The molecule has 0 aliphatic carbocycles. The predicted octanol–water partition coefficient (Wildman–Crippen LogP) is 2.27. The van der Waals surface area contributed by atoms with Crippen LogP contribution in [0.15, 0.2) is 12.1 Å². The highest BCUT2D eigenvalue weighted by Gasteiger charge is 2.14. The Morgan fingerprint density at radius 1 is 1.33 bits per heavy atom. The molecular formula is C12H16O3. The fourth-order valence-corrected chi connectivity index (χ4v) is 1.50. The minimum atomic E-state index is -0.792. The maximum absolute atomic E-state index is 10.7. The zero-order valence-electron chi connectivity index (χ0n) is 9.24. The lowest BCUT2D eigenvalue weighted by Gasteiger charge is -2.12. The first kappa shape index (κ1) is 11.6. The molecule has 82 valence electrons. The summed E-state index contributed by atoms with van der Waals surface area (Å²) < 4.78 is 0. The molecule has 1 rings (SSSR count). The van der Waals surface area contributed by atoms with Crippen molar-refractivity contribution >= 4 is 5.97 Å². The van der Waals surface area contributed by atoms with Crippen LogP contribution in [0.25, 0.3) is 0 Å². The Morgan fingerprint density at radius 2 is 1.93 bits per heavy atom. The van der Waals surface area contributed by atoms with Gasteiger partial charge in [0.1, 0.15) is 5.75 Å². The maximum atomic E-state index is 10.7. The molecule has 0 spiro atoms. The van der Waals surface area contributed by atoms with Crippen LogP contribution in [0.2, 0.25) is 0 Å². The quantitative estimate of drug-likeness (QED) is 0.801. The van der Waals surface area contributed by atoms with Crippen LogP contribution in [0.1, 0.15) is 23.6 Å². The summed E-state index contributed by atoms with van der Waals surface area (Å²) in [6.07, 6.45) is 0.502. The number of aromatic hydroxyl groups is 1. The van der Waals surface area contributed by atoms with Crippen molar-refractivity contribution in [3.63, 3.8) is 0 Å². The summed E-state index contributed by atoms with van der Waals surface area (Å²) in [6.45, 7) is 5.42. The van der Waals surface area contributed by atoms with Crippen LogP contribution in [0, 0.1) is 19.8 Å². The number of rotatable bonds is 3. The molecule has 0 amide bonds. The normalized spacial score (nSPS) is 12.5. The van der Waals surface area contributed by atoms with Crippen LogP contribution < -0.4 is 0 Å². The van der Waals surface area contributed by atoms with Crippen molar-refractivity contribution in [3.8, 4) is 5.75 Å². The largest absolute Gasteiger partial charge is 0.508 e. The van der Waals surface area contributed by atoms with Crippen LogP contribution in [-0.4, -0.2) is 16.2 Å². The van der Waals surface area contributed by atoms with Gasteiger partial charge in [-0.25, -0.2) is 0 Å². The van der Waals surface area contributed by atoms with Gasteiger partial charge in [-0.2, -0.15) is 0 Å². The smallest absolute Gasteiger partial charge is 0.306 e. The van der Waals surface area contributed by atoms with E-state index >= 15 is 0 Å². The lowest BCUT2D eigenvalue weighted by Crippen LogP contribution is -2.13. The molecule has 1 aromatic rings. The summed E-state index contributed by atoms with van der Waals surface area (Å²) in [7, 11) is 0. The Morgan fingerprint density at radius 3 is 2.47 bits per heavy atom. The van der Waals surface area contributed by atoms with Crippen LogP contribution in [-0.2, 0) is 11.2 Å². The molecule has 1 aromatic carbocycles. The number of benzene rings is 1. The van der Waals surface area contributed by atoms with Crippen molar-refractivity contribution in [2.24, 2.45) is 5.92 Å². The first-order valence-electron chi connectivity index (χ1n) is 4.94. The molecule has 0 aliphatic rings. The first-order chi connectivity index (χ1) is 6.93. The third-order valence-corrected chi connectivity index (χ3v) is 2.82. The summed E-state index contributed by atoms with van der Waals surface area (Å²) >= 11 is 0. The van der Waals surface area contributed by atoms with E-state index in [1.54, 1.807) is 19.1 Å². The standard InChI is InChI=1S/C12H16O3/c1-7(12(14)15)6-10-4-5-11(13)9(3)8(10)2/h4-5,7,13H,6H2,1-3H3,(H,14,15). The molecule has 0 heterocycles. The Bertz CT molecular complexity index is 383. The van der Waals surface area contributed by atoms with Gasteiger partial charge in [0.15, 0.2) is 0 Å². The Labute approximate surface area is 89.4 Å². The van der Waals surface area contributed by atoms with E-state index in [4.69, 9.17) is 5.11 Å². The third-order valence-electron chi connectivity index (χ3n) is 2.82. The van der Waals surface area contributed by atoms with Gasteiger partial charge in [0, 0.05) is 0 Å². The number of carboxylic acid groups (broad SMARTS) is 1. The highest BCUT2D eigenvalue weighted by atomic mass is 16.4. The van der Waals surface area contributed by atoms with E-state index in [0.717, 1.165) is 16.7 Å². The summed E-state index contributed by atoms with van der Waals surface area (Å²) in [4.78, 5) is 10.7. The molecule has 1 atom stereocenters. The number of hydrogen-bond acceptors (Lipinski definition) is 2. The molecule has 0 aromatic heterocycles. The molecule has 0 aliphatic heterocycles. The van der Waals surface area contributed by atoms with Crippen molar-refractivity contribution in [1.29, 1.82) is 0 Å². The molecule has 3 nitrogen and oxygen atoms in total. The van der Waals surface area contributed by atoms with E-state index in [1.165, 1.54) is 0 Å². The second-order valence-corrected chi connectivity index (χ2v) is 3.94. The van der Waals surface area contributed by atoms with Crippen molar-refractivity contribution in [2.75, 3.05) is 0 Å². The van der Waals surface area contributed by atoms with Crippen LogP contribution in [0.3, 0.4) is 0 Å². The minimum absolute atomic E-state index is 0.263. The Balaban J connectivity index is 2.97. The van der Waals surface area contributed by atoms with Gasteiger partial charge in [-0.1, -0.05) is 13.0 Å². The summed E-state index contributed by atoms with van der Waals surface area (Å²) in [5.74, 6) is -0.924. The SMILES string of the molecule is Cc1c(O)ccc(CC(C)C(=O)O)c1C. The van der Waals surface area contributed by atoms with Gasteiger partial charge in [0.05, 0.1) is 5.92 Å². The molecule has 15 heavy (non-hydrogen) atoms. The van der Waals surface area contributed by atoms with Crippen molar-refractivity contribution in [2.45, 2.75) is 27.2 Å². The summed E-state index contributed by atoms with van der Waals surface area (Å²) in [6, 6.07) is 3.41. The third kappa shape index (κ3) is 2.49. The van der Waals surface area contributed by atoms with Crippen molar-refractivity contribution in [1.82, 2.24) is 0 Å². The van der Waals surface area contributed by atoms with Gasteiger partial charge >= 0.3 is 5.97 Å². The van der Waals surface area contributed by atoms with E-state index in [1.807, 2.05) is 13.8 Å². The average Bonchev–Trinajstić information content (AvgIpc) is 2.18. The summed E-state index contributed by atoms with van der Waals surface area (Å²) in [5, 5.41) is 18.3. The second kappa shape index (κ2) is 4.34. The van der Waals surface area contributed by atoms with Crippen LogP contribution in [0.5, 0.6) is 5.75 Å². The molecule has 0 bridgehead atoms. The lowest BCUT2D eigenvalue weighted by atomic mass is 9.94.